The van der Waals surface area contributed by atoms with Gasteiger partial charge < -0.3 is 9.42 Å². The van der Waals surface area contributed by atoms with Gasteiger partial charge in [0.05, 0.1) is 17.8 Å². The summed E-state index contributed by atoms with van der Waals surface area (Å²) in [6.45, 7) is 4.74. The van der Waals surface area contributed by atoms with Gasteiger partial charge in [-0.05, 0) is 20.3 Å². The van der Waals surface area contributed by atoms with Crippen molar-refractivity contribution in [2.45, 2.75) is 33.1 Å². The SMILES string of the molecule is Cc1cc(CC(=O)N2CCc3nc(C)n(C)c(=O)c3CC2)on1. The number of rotatable bonds is 2. The quantitative estimate of drug-likeness (QED) is 0.808. The Balaban J connectivity index is 1.76. The van der Waals surface area contributed by atoms with Crippen molar-refractivity contribution in [1.29, 1.82) is 0 Å². The molecule has 122 valence electrons. The molecule has 0 spiro atoms. The smallest absolute Gasteiger partial charge is 0.256 e. The second-order valence-corrected chi connectivity index (χ2v) is 5.94. The summed E-state index contributed by atoms with van der Waals surface area (Å²) in [5.41, 5.74) is 2.30. The van der Waals surface area contributed by atoms with Crippen molar-refractivity contribution in [2.24, 2.45) is 7.05 Å². The van der Waals surface area contributed by atoms with Crippen molar-refractivity contribution >= 4 is 5.91 Å². The Hall–Kier alpha value is -2.44. The molecule has 1 aliphatic heterocycles. The third kappa shape index (κ3) is 3.04. The Morgan fingerprint density at radius 3 is 2.74 bits per heavy atom. The van der Waals surface area contributed by atoms with E-state index in [9.17, 15) is 9.59 Å². The predicted octanol–water partition coefficient (Wildman–Crippen LogP) is 0.555. The molecule has 0 unspecified atom stereocenters. The minimum absolute atomic E-state index is 0.00680. The van der Waals surface area contributed by atoms with E-state index in [2.05, 4.69) is 10.1 Å². The maximum atomic E-state index is 12.4. The molecule has 23 heavy (non-hydrogen) atoms. The molecule has 0 bridgehead atoms. The van der Waals surface area contributed by atoms with Crippen LogP contribution in [0.25, 0.3) is 0 Å². The van der Waals surface area contributed by atoms with Crippen molar-refractivity contribution in [2.75, 3.05) is 13.1 Å². The van der Waals surface area contributed by atoms with Gasteiger partial charge in [-0.3, -0.25) is 14.2 Å². The minimum Gasteiger partial charge on any atom is -0.361 e. The lowest BCUT2D eigenvalue weighted by Gasteiger charge is -2.19. The number of amides is 1. The summed E-state index contributed by atoms with van der Waals surface area (Å²) in [5, 5.41) is 3.80. The van der Waals surface area contributed by atoms with Gasteiger partial charge in [0.25, 0.3) is 5.56 Å². The van der Waals surface area contributed by atoms with Crippen LogP contribution in [-0.4, -0.2) is 38.6 Å². The normalized spacial score (nSPS) is 14.5. The summed E-state index contributed by atoms with van der Waals surface area (Å²) in [7, 11) is 1.73. The standard InChI is InChI=1S/C16H20N4O3/c1-10-8-12(23-18-10)9-15(21)20-6-4-13-14(5-7-20)17-11(2)19(3)16(13)22/h8H,4-7,9H2,1-3H3. The number of hydrogen-bond acceptors (Lipinski definition) is 5. The highest BCUT2D eigenvalue weighted by Crippen LogP contribution is 2.13. The van der Waals surface area contributed by atoms with Crippen LogP contribution in [0.3, 0.4) is 0 Å². The van der Waals surface area contributed by atoms with E-state index in [0.717, 1.165) is 17.0 Å². The Labute approximate surface area is 133 Å². The van der Waals surface area contributed by atoms with Crippen LogP contribution in [0.1, 0.15) is 28.5 Å². The Kier molecular flexibility index (Phi) is 4.02. The lowest BCUT2D eigenvalue weighted by atomic mass is 10.1. The van der Waals surface area contributed by atoms with E-state index in [-0.39, 0.29) is 17.9 Å². The monoisotopic (exact) mass is 316 g/mol. The van der Waals surface area contributed by atoms with E-state index in [4.69, 9.17) is 4.52 Å². The van der Waals surface area contributed by atoms with Crippen molar-refractivity contribution in [1.82, 2.24) is 19.6 Å². The van der Waals surface area contributed by atoms with Crippen LogP contribution in [0.2, 0.25) is 0 Å². The first kappa shape index (κ1) is 15.5. The van der Waals surface area contributed by atoms with Crippen LogP contribution >= 0.6 is 0 Å². The molecule has 0 aromatic carbocycles. The minimum atomic E-state index is -0.0116. The van der Waals surface area contributed by atoms with Crippen LogP contribution in [0.5, 0.6) is 0 Å². The van der Waals surface area contributed by atoms with Crippen molar-refractivity contribution < 1.29 is 9.32 Å². The van der Waals surface area contributed by atoms with E-state index in [0.29, 0.717) is 37.5 Å². The van der Waals surface area contributed by atoms with Gasteiger partial charge in [-0.25, -0.2) is 4.98 Å². The van der Waals surface area contributed by atoms with E-state index in [1.165, 1.54) is 0 Å². The van der Waals surface area contributed by atoms with Crippen molar-refractivity contribution in [3.8, 4) is 0 Å². The highest BCUT2D eigenvalue weighted by atomic mass is 16.5. The van der Waals surface area contributed by atoms with Crippen LogP contribution in [0.4, 0.5) is 0 Å². The molecule has 2 aromatic rings. The van der Waals surface area contributed by atoms with Gasteiger partial charge in [0.1, 0.15) is 11.6 Å². The van der Waals surface area contributed by atoms with E-state index in [1.807, 2.05) is 13.8 Å². The Morgan fingerprint density at radius 1 is 1.30 bits per heavy atom. The molecule has 2 aromatic heterocycles. The molecule has 7 nitrogen and oxygen atoms in total. The molecule has 0 aliphatic carbocycles. The van der Waals surface area contributed by atoms with E-state index in [1.54, 1.807) is 22.6 Å². The number of nitrogens with zero attached hydrogens (tertiary/aromatic N) is 4. The Morgan fingerprint density at radius 2 is 2.04 bits per heavy atom. The zero-order chi connectivity index (χ0) is 16.6. The number of aromatic nitrogens is 3. The summed E-state index contributed by atoms with van der Waals surface area (Å²) in [5.74, 6) is 1.26. The third-order valence-electron chi connectivity index (χ3n) is 4.30. The predicted molar refractivity (Wildman–Crippen MR) is 83.1 cm³/mol. The van der Waals surface area contributed by atoms with Crippen LogP contribution in [0.15, 0.2) is 15.4 Å². The second-order valence-electron chi connectivity index (χ2n) is 5.94. The fourth-order valence-electron chi connectivity index (χ4n) is 2.88. The fourth-order valence-corrected chi connectivity index (χ4v) is 2.88. The van der Waals surface area contributed by atoms with Gasteiger partial charge in [0.2, 0.25) is 5.91 Å². The van der Waals surface area contributed by atoms with E-state index < -0.39 is 0 Å². The van der Waals surface area contributed by atoms with Gasteiger partial charge in [-0.1, -0.05) is 5.16 Å². The average Bonchev–Trinajstić information content (AvgIpc) is 2.80. The summed E-state index contributed by atoms with van der Waals surface area (Å²) >= 11 is 0. The fraction of sp³-hybridized carbons (Fsp3) is 0.500. The first-order valence-corrected chi connectivity index (χ1v) is 7.71. The largest absolute Gasteiger partial charge is 0.361 e. The zero-order valence-electron chi connectivity index (χ0n) is 13.6. The van der Waals surface area contributed by atoms with Gasteiger partial charge in [-0.2, -0.15) is 0 Å². The Bertz CT molecular complexity index is 806. The van der Waals surface area contributed by atoms with Crippen LogP contribution in [-0.2, 0) is 31.1 Å². The van der Waals surface area contributed by atoms with Crippen LogP contribution < -0.4 is 5.56 Å². The second kappa shape index (κ2) is 5.98. The highest BCUT2D eigenvalue weighted by Gasteiger charge is 2.23. The molecule has 0 N–H and O–H groups in total. The lowest BCUT2D eigenvalue weighted by Crippen LogP contribution is -2.34. The molecule has 3 heterocycles. The highest BCUT2D eigenvalue weighted by molar-refractivity contribution is 5.78. The molecule has 1 aliphatic rings. The average molecular weight is 316 g/mol. The van der Waals surface area contributed by atoms with Crippen LogP contribution in [0, 0.1) is 13.8 Å². The molecule has 0 fully saturated rings. The maximum absolute atomic E-state index is 12.4. The number of aryl methyl sites for hydroxylation is 2. The number of carbonyl (C=O) groups excluding carboxylic acids is 1. The topological polar surface area (TPSA) is 81.2 Å². The summed E-state index contributed by atoms with van der Waals surface area (Å²) in [4.78, 5) is 31.1. The number of fused-ring (bicyclic) bond motifs is 1. The first-order chi connectivity index (χ1) is 11.0. The molecule has 0 saturated heterocycles. The molecular formula is C16H20N4O3. The number of carbonyl (C=O) groups is 1. The maximum Gasteiger partial charge on any atom is 0.256 e. The van der Waals surface area contributed by atoms with Gasteiger partial charge in [0.15, 0.2) is 0 Å². The van der Waals surface area contributed by atoms with Gasteiger partial charge >= 0.3 is 0 Å². The summed E-state index contributed by atoms with van der Waals surface area (Å²) in [6, 6.07) is 1.77. The molecule has 0 saturated carbocycles. The molecule has 7 heteroatoms. The lowest BCUT2D eigenvalue weighted by molar-refractivity contribution is -0.130. The van der Waals surface area contributed by atoms with Gasteiger partial charge in [-0.15, -0.1) is 0 Å². The first-order valence-electron chi connectivity index (χ1n) is 7.71. The van der Waals surface area contributed by atoms with Crippen molar-refractivity contribution in [3.05, 3.63) is 45.0 Å². The molecule has 1 amide bonds. The summed E-state index contributed by atoms with van der Waals surface area (Å²) < 4.78 is 6.67. The van der Waals surface area contributed by atoms with Crippen molar-refractivity contribution in [3.63, 3.8) is 0 Å². The molecule has 0 radical (unpaired) electrons. The molecular weight excluding hydrogens is 296 g/mol. The third-order valence-corrected chi connectivity index (χ3v) is 4.30. The number of hydrogen-bond donors (Lipinski definition) is 0. The van der Waals surface area contributed by atoms with E-state index >= 15 is 0 Å². The molecule has 0 atom stereocenters. The van der Waals surface area contributed by atoms with Gasteiger partial charge in [0, 0.05) is 38.2 Å². The summed E-state index contributed by atoms with van der Waals surface area (Å²) in [6.07, 6.45) is 1.34. The zero-order valence-corrected chi connectivity index (χ0v) is 13.6. The molecule has 3 rings (SSSR count).